The number of halogens is 2. The number of nitrogens with zero attached hydrogens (tertiary/aromatic N) is 3. The Kier molecular flexibility index (Phi) is 10.6. The molecule has 0 atom stereocenters. The van der Waals surface area contributed by atoms with Gasteiger partial charge in [-0.2, -0.15) is 0 Å². The van der Waals surface area contributed by atoms with Gasteiger partial charge in [0.2, 0.25) is 0 Å². The number of amides is 1. The molecule has 0 aliphatic rings. The summed E-state index contributed by atoms with van der Waals surface area (Å²) in [7, 11) is 2.94. The highest BCUT2D eigenvalue weighted by atomic mass is 35.5. The van der Waals surface area contributed by atoms with E-state index < -0.39 is 0 Å². The van der Waals surface area contributed by atoms with Crippen molar-refractivity contribution in [3.05, 3.63) is 58.1 Å². The normalized spacial score (nSPS) is 9.96. The summed E-state index contributed by atoms with van der Waals surface area (Å²) >= 11 is 11.2. The molecule has 146 valence electrons. The molecule has 2 rings (SSSR count). The molecule has 0 unspecified atom stereocenters. The van der Waals surface area contributed by atoms with Crippen molar-refractivity contribution < 1.29 is 14.4 Å². The van der Waals surface area contributed by atoms with Gasteiger partial charge in [-0.05, 0) is 30.7 Å². The third-order valence-electron chi connectivity index (χ3n) is 3.59. The predicted octanol–water partition coefficient (Wildman–Crippen LogP) is 4.87. The van der Waals surface area contributed by atoms with Crippen molar-refractivity contribution in [3.8, 4) is 0 Å². The summed E-state index contributed by atoms with van der Waals surface area (Å²) in [5, 5.41) is 1.90. The summed E-state index contributed by atoms with van der Waals surface area (Å²) in [6.45, 7) is 2.12. The fourth-order valence-electron chi connectivity index (χ4n) is 1.99. The fourth-order valence-corrected chi connectivity index (χ4v) is 2.21. The molecule has 8 heteroatoms. The van der Waals surface area contributed by atoms with E-state index >= 15 is 0 Å². The second-order valence-electron chi connectivity index (χ2n) is 5.60. The molecule has 0 aromatic carbocycles. The third kappa shape index (κ3) is 8.47. The molecular weight excluding hydrogens is 389 g/mol. The summed E-state index contributed by atoms with van der Waals surface area (Å²) in [6, 6.07) is 6.52. The summed E-state index contributed by atoms with van der Waals surface area (Å²) in [4.78, 5) is 35.3. The zero-order chi connectivity index (χ0) is 20.2. The topological polar surface area (TPSA) is 72.4 Å². The highest BCUT2D eigenvalue weighted by Crippen LogP contribution is 2.10. The van der Waals surface area contributed by atoms with Gasteiger partial charge in [-0.3, -0.25) is 14.4 Å². The van der Waals surface area contributed by atoms with Crippen LogP contribution in [-0.2, 0) is 4.84 Å². The lowest BCUT2D eigenvalue weighted by Crippen LogP contribution is -2.25. The lowest BCUT2D eigenvalue weighted by Gasteiger charge is -2.12. The molecule has 27 heavy (non-hydrogen) atoms. The Hall–Kier alpha value is -2.02. The summed E-state index contributed by atoms with van der Waals surface area (Å²) in [5.41, 5.74) is 1.10. The van der Waals surface area contributed by atoms with Gasteiger partial charge in [0.15, 0.2) is 5.78 Å². The van der Waals surface area contributed by atoms with Gasteiger partial charge in [-0.15, -0.1) is 0 Å². The standard InChI is InChI=1S/C11H14ClNO.C8H9ClN2O2/c1-2-3-4-5-10(14)9-6-7-11(12)13-8-9;1-11(13-2)8(12)6-3-4-7(9)10-5-6/h6-8H,2-5H2,1H3;3-5H,1-2H3. The highest BCUT2D eigenvalue weighted by molar-refractivity contribution is 6.29. The number of hydroxylamine groups is 2. The molecule has 0 fully saturated rings. The van der Waals surface area contributed by atoms with E-state index in [9.17, 15) is 9.59 Å². The lowest BCUT2D eigenvalue weighted by atomic mass is 10.1. The molecule has 2 aromatic heterocycles. The van der Waals surface area contributed by atoms with Gasteiger partial charge in [0.05, 0.1) is 12.7 Å². The van der Waals surface area contributed by atoms with E-state index in [2.05, 4.69) is 16.9 Å². The Morgan fingerprint density at radius 3 is 2.00 bits per heavy atom. The zero-order valence-corrected chi connectivity index (χ0v) is 17.1. The minimum Gasteiger partial charge on any atom is -0.294 e. The number of unbranched alkanes of at least 4 members (excludes halogenated alkanes) is 2. The highest BCUT2D eigenvalue weighted by Gasteiger charge is 2.10. The molecule has 2 heterocycles. The minimum atomic E-state index is -0.258. The van der Waals surface area contributed by atoms with Crippen molar-refractivity contribution in [1.82, 2.24) is 15.0 Å². The fraction of sp³-hybridized carbons (Fsp3) is 0.368. The van der Waals surface area contributed by atoms with Crippen molar-refractivity contribution >= 4 is 34.9 Å². The van der Waals surface area contributed by atoms with Crippen molar-refractivity contribution in [1.29, 1.82) is 0 Å². The van der Waals surface area contributed by atoms with Crippen LogP contribution < -0.4 is 0 Å². The summed E-state index contributed by atoms with van der Waals surface area (Å²) < 4.78 is 0. The van der Waals surface area contributed by atoms with Gasteiger partial charge < -0.3 is 0 Å². The van der Waals surface area contributed by atoms with Gasteiger partial charge in [0.1, 0.15) is 10.3 Å². The molecule has 0 saturated heterocycles. The summed E-state index contributed by atoms with van der Waals surface area (Å²) in [5.74, 6) is -0.103. The number of Topliss-reactive ketones (excluding diaryl/α,β-unsaturated/α-hetero) is 1. The van der Waals surface area contributed by atoms with Gasteiger partial charge in [0.25, 0.3) is 5.91 Å². The van der Waals surface area contributed by atoms with E-state index in [1.165, 1.54) is 26.6 Å². The first kappa shape index (κ1) is 23.0. The van der Waals surface area contributed by atoms with Crippen LogP contribution in [0, 0.1) is 0 Å². The van der Waals surface area contributed by atoms with Crippen molar-refractivity contribution in [2.75, 3.05) is 14.2 Å². The second kappa shape index (κ2) is 12.4. The number of ketones is 1. The number of carbonyl (C=O) groups is 2. The van der Waals surface area contributed by atoms with Crippen LogP contribution in [0.5, 0.6) is 0 Å². The lowest BCUT2D eigenvalue weighted by molar-refractivity contribution is -0.0757. The van der Waals surface area contributed by atoms with Crippen LogP contribution in [0.4, 0.5) is 0 Å². The molecular formula is C19H23Cl2N3O3. The Morgan fingerprint density at radius 1 is 1.00 bits per heavy atom. The van der Waals surface area contributed by atoms with E-state index in [1.54, 1.807) is 24.3 Å². The predicted molar refractivity (Wildman–Crippen MR) is 106 cm³/mol. The van der Waals surface area contributed by atoms with Gasteiger partial charge >= 0.3 is 0 Å². The molecule has 0 bridgehead atoms. The second-order valence-corrected chi connectivity index (χ2v) is 6.38. The SMILES string of the molecule is CCCCCC(=O)c1ccc(Cl)nc1.CON(C)C(=O)c1ccc(Cl)nc1. The number of hydrogen-bond donors (Lipinski definition) is 0. The van der Waals surface area contributed by atoms with E-state index in [0.717, 1.165) is 24.3 Å². The van der Waals surface area contributed by atoms with Gasteiger partial charge in [0, 0.05) is 31.4 Å². The van der Waals surface area contributed by atoms with Crippen LogP contribution in [0.25, 0.3) is 0 Å². The minimum absolute atomic E-state index is 0.155. The molecule has 1 amide bonds. The summed E-state index contributed by atoms with van der Waals surface area (Å²) in [6.07, 6.45) is 6.74. The zero-order valence-electron chi connectivity index (χ0n) is 15.6. The molecule has 0 N–H and O–H groups in total. The number of carbonyl (C=O) groups excluding carboxylic acids is 2. The number of aromatic nitrogens is 2. The van der Waals surface area contributed by atoms with E-state index in [-0.39, 0.29) is 11.7 Å². The van der Waals surface area contributed by atoms with E-state index in [0.29, 0.717) is 27.9 Å². The van der Waals surface area contributed by atoms with Crippen LogP contribution in [0.3, 0.4) is 0 Å². The number of rotatable bonds is 7. The number of pyridine rings is 2. The Balaban J connectivity index is 0.000000271. The van der Waals surface area contributed by atoms with E-state index in [1.807, 2.05) is 0 Å². The molecule has 0 aliphatic carbocycles. The van der Waals surface area contributed by atoms with Crippen LogP contribution in [0.1, 0.15) is 53.3 Å². The quantitative estimate of drug-likeness (QED) is 0.281. The molecule has 0 saturated carbocycles. The average Bonchev–Trinajstić information content (AvgIpc) is 2.68. The van der Waals surface area contributed by atoms with Crippen molar-refractivity contribution in [2.24, 2.45) is 0 Å². The number of hydrogen-bond acceptors (Lipinski definition) is 5. The van der Waals surface area contributed by atoms with Crippen LogP contribution in [0.2, 0.25) is 10.3 Å². The first-order valence-corrected chi connectivity index (χ1v) is 9.23. The Labute approximate surface area is 169 Å². The maximum atomic E-state index is 11.5. The largest absolute Gasteiger partial charge is 0.294 e. The molecule has 0 aliphatic heterocycles. The van der Waals surface area contributed by atoms with E-state index in [4.69, 9.17) is 28.0 Å². The maximum absolute atomic E-state index is 11.5. The average molecular weight is 412 g/mol. The maximum Gasteiger partial charge on any atom is 0.278 e. The Morgan fingerprint density at radius 2 is 1.56 bits per heavy atom. The molecule has 0 radical (unpaired) electrons. The van der Waals surface area contributed by atoms with Crippen molar-refractivity contribution in [3.63, 3.8) is 0 Å². The van der Waals surface area contributed by atoms with Crippen LogP contribution in [0.15, 0.2) is 36.7 Å². The first-order valence-electron chi connectivity index (χ1n) is 8.47. The van der Waals surface area contributed by atoms with Crippen LogP contribution >= 0.6 is 23.2 Å². The van der Waals surface area contributed by atoms with Gasteiger partial charge in [-0.25, -0.2) is 15.0 Å². The van der Waals surface area contributed by atoms with Crippen molar-refractivity contribution in [2.45, 2.75) is 32.6 Å². The molecule has 0 spiro atoms. The van der Waals surface area contributed by atoms with Gasteiger partial charge in [-0.1, -0.05) is 43.0 Å². The van der Waals surface area contributed by atoms with Crippen LogP contribution in [-0.4, -0.2) is 40.9 Å². The Bertz CT molecular complexity index is 722. The smallest absolute Gasteiger partial charge is 0.278 e. The first-order chi connectivity index (χ1) is 12.9. The molecule has 6 nitrogen and oxygen atoms in total. The molecule has 2 aromatic rings. The monoisotopic (exact) mass is 411 g/mol. The third-order valence-corrected chi connectivity index (χ3v) is 4.04.